The van der Waals surface area contributed by atoms with Crippen molar-refractivity contribution >= 4 is 11.6 Å². The lowest BCUT2D eigenvalue weighted by molar-refractivity contribution is -0.385. The Morgan fingerprint density at radius 2 is 1.85 bits per heavy atom. The molecule has 0 saturated carbocycles. The summed E-state index contributed by atoms with van der Waals surface area (Å²) in [4.78, 5) is 25.5. The van der Waals surface area contributed by atoms with Gasteiger partial charge in [-0.2, -0.15) is 0 Å². The maximum Gasteiger partial charge on any atom is 0.277 e. The third-order valence-corrected chi connectivity index (χ3v) is 5.67. The molecule has 1 N–H and O–H groups in total. The third kappa shape index (κ3) is 3.21. The van der Waals surface area contributed by atoms with Gasteiger partial charge in [0.1, 0.15) is 13.2 Å². The number of nitro groups is 1. The molecular formula is C18H23N3O5. The lowest BCUT2D eigenvalue weighted by Gasteiger charge is -2.35. The van der Waals surface area contributed by atoms with Crippen LogP contribution in [0.25, 0.3) is 0 Å². The highest BCUT2D eigenvalue weighted by atomic mass is 16.6. The highest BCUT2D eigenvalue weighted by molar-refractivity contribution is 5.80. The molecule has 2 unspecified atom stereocenters. The van der Waals surface area contributed by atoms with Crippen LogP contribution < -0.4 is 14.8 Å². The van der Waals surface area contributed by atoms with Gasteiger partial charge in [0.15, 0.2) is 11.5 Å². The third-order valence-electron chi connectivity index (χ3n) is 5.67. The number of benzene rings is 1. The van der Waals surface area contributed by atoms with Crippen LogP contribution >= 0.6 is 0 Å². The number of amides is 1. The number of piperidine rings is 1. The summed E-state index contributed by atoms with van der Waals surface area (Å²) in [6.07, 6.45) is 4.21. The van der Waals surface area contributed by atoms with Gasteiger partial charge in [-0.1, -0.05) is 0 Å². The van der Waals surface area contributed by atoms with Crippen molar-refractivity contribution in [1.29, 1.82) is 0 Å². The molecular weight excluding hydrogens is 338 g/mol. The Hall–Kier alpha value is -2.35. The average Bonchev–Trinajstić information content (AvgIpc) is 2.98. The van der Waals surface area contributed by atoms with E-state index in [0.29, 0.717) is 42.4 Å². The van der Waals surface area contributed by atoms with Crippen LogP contribution in [0.15, 0.2) is 12.1 Å². The van der Waals surface area contributed by atoms with Gasteiger partial charge in [-0.15, -0.1) is 0 Å². The average molecular weight is 361 g/mol. The first-order valence-corrected chi connectivity index (χ1v) is 9.10. The van der Waals surface area contributed by atoms with Crippen LogP contribution in [-0.2, 0) is 11.2 Å². The van der Waals surface area contributed by atoms with E-state index in [1.807, 2.05) is 7.05 Å². The van der Waals surface area contributed by atoms with Gasteiger partial charge in [0.25, 0.3) is 5.69 Å². The Kier molecular flexibility index (Phi) is 4.44. The normalized spacial score (nSPS) is 26.4. The summed E-state index contributed by atoms with van der Waals surface area (Å²) in [5, 5.41) is 15.0. The minimum atomic E-state index is -0.467. The summed E-state index contributed by atoms with van der Waals surface area (Å²) in [6.45, 7) is 0.763. The molecule has 140 valence electrons. The molecule has 2 bridgehead atoms. The number of nitrogens with zero attached hydrogens (tertiary/aromatic N) is 2. The lowest BCUT2D eigenvalue weighted by Crippen LogP contribution is -2.49. The van der Waals surface area contributed by atoms with E-state index in [0.717, 1.165) is 25.7 Å². The van der Waals surface area contributed by atoms with Crippen LogP contribution in [-0.4, -0.2) is 54.1 Å². The van der Waals surface area contributed by atoms with Crippen LogP contribution in [0.3, 0.4) is 0 Å². The van der Waals surface area contributed by atoms with Crippen molar-refractivity contribution in [1.82, 2.24) is 10.2 Å². The molecule has 8 heteroatoms. The van der Waals surface area contributed by atoms with Crippen molar-refractivity contribution in [2.24, 2.45) is 0 Å². The molecule has 26 heavy (non-hydrogen) atoms. The highest BCUT2D eigenvalue weighted by Gasteiger charge is 2.36. The van der Waals surface area contributed by atoms with E-state index in [2.05, 4.69) is 5.32 Å². The van der Waals surface area contributed by atoms with Crippen molar-refractivity contribution in [3.05, 3.63) is 27.8 Å². The largest absolute Gasteiger partial charge is 0.486 e. The first kappa shape index (κ1) is 17.1. The summed E-state index contributed by atoms with van der Waals surface area (Å²) in [5.74, 6) is 0.728. The topological polar surface area (TPSA) is 93.9 Å². The standard InChI is InChI=1S/C18H23N3O5/c1-20(14-8-12-2-3-13(9-14)19-12)18(22)7-11-6-16-17(26-5-4-25-16)10-15(11)21(23)24/h6,10,12-14,19H,2-5,7-9H2,1H3. The fourth-order valence-electron chi connectivity index (χ4n) is 4.27. The van der Waals surface area contributed by atoms with Crippen LogP contribution in [0.2, 0.25) is 0 Å². The maximum atomic E-state index is 12.8. The lowest BCUT2D eigenvalue weighted by atomic mass is 9.97. The molecule has 3 aliphatic heterocycles. The molecule has 0 spiro atoms. The van der Waals surface area contributed by atoms with E-state index in [1.54, 1.807) is 11.0 Å². The summed E-state index contributed by atoms with van der Waals surface area (Å²) in [5.41, 5.74) is 0.273. The fourth-order valence-corrected chi connectivity index (χ4v) is 4.27. The molecule has 0 radical (unpaired) electrons. The minimum absolute atomic E-state index is 0.0112. The van der Waals surface area contributed by atoms with Crippen molar-refractivity contribution in [3.8, 4) is 11.5 Å². The maximum absolute atomic E-state index is 12.8. The molecule has 2 saturated heterocycles. The van der Waals surface area contributed by atoms with Gasteiger partial charge in [0.05, 0.1) is 17.4 Å². The van der Waals surface area contributed by atoms with Gasteiger partial charge in [-0.25, -0.2) is 0 Å². The Balaban J connectivity index is 1.52. The van der Waals surface area contributed by atoms with Gasteiger partial charge in [-0.05, 0) is 31.7 Å². The number of carbonyl (C=O) groups excluding carboxylic acids is 1. The molecule has 0 aliphatic carbocycles. The van der Waals surface area contributed by atoms with Crippen LogP contribution in [0.4, 0.5) is 5.69 Å². The van der Waals surface area contributed by atoms with Crippen LogP contribution in [0.1, 0.15) is 31.2 Å². The molecule has 4 rings (SSSR count). The van der Waals surface area contributed by atoms with Crippen molar-refractivity contribution in [3.63, 3.8) is 0 Å². The number of nitro benzene ring substituents is 1. The van der Waals surface area contributed by atoms with Gasteiger partial charge in [-0.3, -0.25) is 14.9 Å². The van der Waals surface area contributed by atoms with Crippen LogP contribution in [0.5, 0.6) is 11.5 Å². The Morgan fingerprint density at radius 3 is 2.46 bits per heavy atom. The summed E-state index contributed by atoms with van der Waals surface area (Å²) < 4.78 is 10.9. The van der Waals surface area contributed by atoms with Gasteiger partial charge in [0, 0.05) is 30.7 Å². The molecule has 3 aliphatic rings. The number of fused-ring (bicyclic) bond motifs is 3. The SMILES string of the molecule is CN(C(=O)Cc1cc2c(cc1[N+](=O)[O-])OCCO2)C1CC2CCC(C1)N2. The second-order valence-electron chi connectivity index (χ2n) is 7.33. The van der Waals surface area contributed by atoms with Crippen molar-refractivity contribution in [2.75, 3.05) is 20.3 Å². The number of ether oxygens (including phenoxy) is 2. The molecule has 2 atom stereocenters. The number of hydrogen-bond acceptors (Lipinski definition) is 6. The number of rotatable bonds is 4. The van der Waals surface area contributed by atoms with Gasteiger partial charge >= 0.3 is 0 Å². The molecule has 1 aromatic rings. The van der Waals surface area contributed by atoms with Crippen molar-refractivity contribution in [2.45, 2.75) is 50.2 Å². The zero-order valence-electron chi connectivity index (χ0n) is 14.8. The molecule has 2 fully saturated rings. The summed E-state index contributed by atoms with van der Waals surface area (Å²) in [7, 11) is 1.81. The summed E-state index contributed by atoms with van der Waals surface area (Å²) in [6, 6.07) is 4.10. The van der Waals surface area contributed by atoms with E-state index in [4.69, 9.17) is 9.47 Å². The Bertz CT molecular complexity index is 726. The predicted octanol–water partition coefficient (Wildman–Crippen LogP) is 1.65. The first-order valence-electron chi connectivity index (χ1n) is 9.10. The Labute approximate surface area is 151 Å². The predicted molar refractivity (Wildman–Crippen MR) is 93.5 cm³/mol. The van der Waals surface area contributed by atoms with E-state index in [1.165, 1.54) is 6.07 Å². The summed E-state index contributed by atoms with van der Waals surface area (Å²) >= 11 is 0. The molecule has 8 nitrogen and oxygen atoms in total. The number of likely N-dealkylation sites (N-methyl/N-ethyl adjacent to an activating group) is 1. The highest BCUT2D eigenvalue weighted by Crippen LogP contribution is 2.37. The second-order valence-corrected chi connectivity index (χ2v) is 7.33. The first-order chi connectivity index (χ1) is 12.5. The van der Waals surface area contributed by atoms with E-state index in [9.17, 15) is 14.9 Å². The number of nitrogens with one attached hydrogen (secondary N) is 1. The van der Waals surface area contributed by atoms with E-state index >= 15 is 0 Å². The quantitative estimate of drug-likeness (QED) is 0.647. The molecule has 3 heterocycles. The Morgan fingerprint density at radius 1 is 1.23 bits per heavy atom. The molecule has 1 amide bonds. The van der Waals surface area contributed by atoms with Gasteiger partial charge < -0.3 is 19.7 Å². The monoisotopic (exact) mass is 361 g/mol. The van der Waals surface area contributed by atoms with Crippen molar-refractivity contribution < 1.29 is 19.2 Å². The minimum Gasteiger partial charge on any atom is -0.486 e. The smallest absolute Gasteiger partial charge is 0.277 e. The molecule has 0 aromatic heterocycles. The number of hydrogen-bond donors (Lipinski definition) is 1. The van der Waals surface area contributed by atoms with Crippen LogP contribution in [0, 0.1) is 10.1 Å². The number of carbonyl (C=O) groups is 1. The fraction of sp³-hybridized carbons (Fsp3) is 0.611. The van der Waals surface area contributed by atoms with E-state index < -0.39 is 4.92 Å². The van der Waals surface area contributed by atoms with Gasteiger partial charge in [0.2, 0.25) is 5.91 Å². The second kappa shape index (κ2) is 6.75. The van der Waals surface area contributed by atoms with E-state index in [-0.39, 0.29) is 24.1 Å². The zero-order chi connectivity index (χ0) is 18.3. The molecule has 1 aromatic carbocycles. The zero-order valence-corrected chi connectivity index (χ0v) is 14.8.